The van der Waals surface area contributed by atoms with Gasteiger partial charge in [-0.25, -0.2) is 0 Å². The Hall–Kier alpha value is 0.190. The maximum absolute atomic E-state index is 13.2. The molecule has 0 atom stereocenters. The standard InChI is InChI=1S/C12H28NOP/c1-10(2,3)13-15(14,11(4,5)6)12(7,8)9/h1-9H3,(H,13,14). The summed E-state index contributed by atoms with van der Waals surface area (Å²) in [4.78, 5) is 0. The van der Waals surface area contributed by atoms with E-state index in [4.69, 9.17) is 0 Å². The summed E-state index contributed by atoms with van der Waals surface area (Å²) in [7, 11) is -2.46. The van der Waals surface area contributed by atoms with E-state index in [2.05, 4.69) is 67.4 Å². The molecule has 0 unspecified atom stereocenters. The summed E-state index contributed by atoms with van der Waals surface area (Å²) >= 11 is 0. The summed E-state index contributed by atoms with van der Waals surface area (Å²) in [6, 6.07) is 0. The molecule has 15 heavy (non-hydrogen) atoms. The monoisotopic (exact) mass is 233 g/mol. The Morgan fingerprint density at radius 2 is 1.00 bits per heavy atom. The summed E-state index contributed by atoms with van der Waals surface area (Å²) in [6.45, 7) is 18.5. The molecule has 2 nitrogen and oxygen atoms in total. The van der Waals surface area contributed by atoms with Crippen LogP contribution in [0, 0.1) is 0 Å². The van der Waals surface area contributed by atoms with E-state index in [0.29, 0.717) is 0 Å². The van der Waals surface area contributed by atoms with E-state index in [9.17, 15) is 4.57 Å². The molecule has 0 heterocycles. The second-order valence-corrected chi connectivity index (χ2v) is 11.4. The van der Waals surface area contributed by atoms with Crippen LogP contribution in [-0.2, 0) is 4.57 Å². The van der Waals surface area contributed by atoms with Gasteiger partial charge in [-0.15, -0.1) is 0 Å². The van der Waals surface area contributed by atoms with Crippen molar-refractivity contribution in [3.8, 4) is 0 Å². The minimum atomic E-state index is -2.46. The fourth-order valence-corrected chi connectivity index (χ4v) is 5.44. The van der Waals surface area contributed by atoms with Crippen molar-refractivity contribution in [3.63, 3.8) is 0 Å². The molecular formula is C12H28NOP. The SMILES string of the molecule is CC(C)(C)NP(=O)(C(C)(C)C)C(C)(C)C. The second-order valence-electron chi connectivity index (χ2n) is 7.31. The molecule has 0 saturated carbocycles. The van der Waals surface area contributed by atoms with Crippen LogP contribution in [0.1, 0.15) is 62.3 Å². The minimum absolute atomic E-state index is 0.115. The van der Waals surface area contributed by atoms with Crippen LogP contribution in [0.3, 0.4) is 0 Å². The quantitative estimate of drug-likeness (QED) is 0.686. The first-order chi connectivity index (χ1) is 6.21. The van der Waals surface area contributed by atoms with Crippen LogP contribution in [0.4, 0.5) is 0 Å². The molecule has 0 fully saturated rings. The van der Waals surface area contributed by atoms with Gasteiger partial charge in [0.2, 0.25) is 0 Å². The lowest BCUT2D eigenvalue weighted by atomic mass is 10.1. The van der Waals surface area contributed by atoms with Crippen LogP contribution in [0.25, 0.3) is 0 Å². The second kappa shape index (κ2) is 3.89. The highest BCUT2D eigenvalue weighted by atomic mass is 31.2. The van der Waals surface area contributed by atoms with Gasteiger partial charge in [-0.3, -0.25) is 5.09 Å². The van der Waals surface area contributed by atoms with Crippen molar-refractivity contribution in [3.05, 3.63) is 0 Å². The highest BCUT2D eigenvalue weighted by Gasteiger charge is 2.47. The molecule has 0 spiro atoms. The van der Waals surface area contributed by atoms with E-state index in [0.717, 1.165) is 0 Å². The molecule has 0 saturated heterocycles. The van der Waals surface area contributed by atoms with Crippen LogP contribution < -0.4 is 5.09 Å². The Morgan fingerprint density at radius 1 is 0.733 bits per heavy atom. The molecule has 0 bridgehead atoms. The average molecular weight is 233 g/mol. The number of nitrogens with one attached hydrogen (secondary N) is 1. The summed E-state index contributed by atoms with van der Waals surface area (Å²) < 4.78 is 13.2. The van der Waals surface area contributed by atoms with E-state index in [1.165, 1.54) is 0 Å². The Morgan fingerprint density at radius 3 is 1.07 bits per heavy atom. The Kier molecular flexibility index (Phi) is 3.94. The third kappa shape index (κ3) is 3.60. The van der Waals surface area contributed by atoms with E-state index in [-0.39, 0.29) is 15.9 Å². The molecule has 0 aliphatic heterocycles. The van der Waals surface area contributed by atoms with Crippen molar-refractivity contribution in [2.24, 2.45) is 0 Å². The van der Waals surface area contributed by atoms with Gasteiger partial charge in [-0.2, -0.15) is 0 Å². The predicted octanol–water partition coefficient (Wildman–Crippen LogP) is 4.25. The number of hydrogen-bond donors (Lipinski definition) is 1. The van der Waals surface area contributed by atoms with Crippen LogP contribution in [0.2, 0.25) is 0 Å². The topological polar surface area (TPSA) is 29.1 Å². The third-order valence-corrected chi connectivity index (χ3v) is 7.15. The first kappa shape index (κ1) is 15.2. The molecule has 0 aromatic rings. The zero-order valence-electron chi connectivity index (χ0n) is 11.9. The first-order valence-corrected chi connectivity index (χ1v) is 7.31. The van der Waals surface area contributed by atoms with Crippen LogP contribution in [0.15, 0.2) is 0 Å². The molecule has 0 aromatic carbocycles. The molecule has 1 N–H and O–H groups in total. The van der Waals surface area contributed by atoms with Crippen molar-refractivity contribution in [1.29, 1.82) is 0 Å². The number of rotatable bonds is 1. The Balaban J connectivity index is 5.37. The summed E-state index contributed by atoms with van der Waals surface area (Å²) in [5, 5.41) is 2.95. The molecule has 3 heteroatoms. The van der Waals surface area contributed by atoms with Crippen LogP contribution in [-0.4, -0.2) is 15.9 Å². The molecular weight excluding hydrogens is 205 g/mol. The largest absolute Gasteiger partial charge is 0.306 e. The fraction of sp³-hybridized carbons (Fsp3) is 1.00. The van der Waals surface area contributed by atoms with Gasteiger partial charge in [0.25, 0.3) is 0 Å². The molecule has 0 aliphatic carbocycles. The van der Waals surface area contributed by atoms with Gasteiger partial charge in [-0.05, 0) is 20.8 Å². The van der Waals surface area contributed by atoms with Gasteiger partial charge in [0.05, 0.1) is 0 Å². The van der Waals surface area contributed by atoms with Crippen molar-refractivity contribution < 1.29 is 4.57 Å². The van der Waals surface area contributed by atoms with Gasteiger partial charge in [0.15, 0.2) is 7.29 Å². The molecule has 92 valence electrons. The minimum Gasteiger partial charge on any atom is -0.306 e. The molecule has 0 radical (unpaired) electrons. The highest BCUT2D eigenvalue weighted by molar-refractivity contribution is 7.65. The summed E-state index contributed by atoms with van der Waals surface area (Å²) in [5.74, 6) is 0. The van der Waals surface area contributed by atoms with Gasteiger partial charge in [-0.1, -0.05) is 41.5 Å². The van der Waals surface area contributed by atoms with Gasteiger partial charge in [0.1, 0.15) is 0 Å². The summed E-state index contributed by atoms with van der Waals surface area (Å²) in [5.41, 5.74) is -0.115. The summed E-state index contributed by atoms with van der Waals surface area (Å²) in [6.07, 6.45) is 0. The average Bonchev–Trinajstić information content (AvgIpc) is 1.77. The predicted molar refractivity (Wildman–Crippen MR) is 70.0 cm³/mol. The normalized spacial score (nSPS) is 15.5. The van der Waals surface area contributed by atoms with E-state index >= 15 is 0 Å². The lowest BCUT2D eigenvalue weighted by Gasteiger charge is -2.45. The zero-order valence-corrected chi connectivity index (χ0v) is 12.7. The van der Waals surface area contributed by atoms with E-state index < -0.39 is 7.29 Å². The van der Waals surface area contributed by atoms with Gasteiger partial charge >= 0.3 is 0 Å². The van der Waals surface area contributed by atoms with Crippen LogP contribution in [0.5, 0.6) is 0 Å². The van der Waals surface area contributed by atoms with Crippen LogP contribution >= 0.6 is 7.29 Å². The molecule has 0 aliphatic rings. The first-order valence-electron chi connectivity index (χ1n) is 5.60. The van der Waals surface area contributed by atoms with E-state index in [1.807, 2.05) is 0 Å². The zero-order chi connectivity index (χ0) is 12.7. The molecule has 0 amide bonds. The third-order valence-electron chi connectivity index (χ3n) is 2.38. The Bertz CT molecular complexity index is 245. The van der Waals surface area contributed by atoms with E-state index in [1.54, 1.807) is 0 Å². The Labute approximate surface area is 95.6 Å². The lowest BCUT2D eigenvalue weighted by Crippen LogP contribution is -2.44. The van der Waals surface area contributed by atoms with Gasteiger partial charge < -0.3 is 4.57 Å². The maximum atomic E-state index is 13.2. The number of hydrogen-bond acceptors (Lipinski definition) is 1. The fourth-order valence-electron chi connectivity index (χ4n) is 1.81. The van der Waals surface area contributed by atoms with Crippen molar-refractivity contribution in [1.82, 2.24) is 5.09 Å². The maximum Gasteiger partial charge on any atom is 0.158 e. The van der Waals surface area contributed by atoms with Crippen molar-refractivity contribution in [2.75, 3.05) is 0 Å². The molecule has 0 rings (SSSR count). The van der Waals surface area contributed by atoms with Crippen molar-refractivity contribution in [2.45, 2.75) is 78.2 Å². The lowest BCUT2D eigenvalue weighted by molar-refractivity contribution is 0.449. The molecule has 0 aromatic heterocycles. The van der Waals surface area contributed by atoms with Gasteiger partial charge in [0, 0.05) is 15.9 Å². The smallest absolute Gasteiger partial charge is 0.158 e. The highest BCUT2D eigenvalue weighted by Crippen LogP contribution is 2.64. The van der Waals surface area contributed by atoms with Crippen molar-refractivity contribution >= 4 is 7.29 Å².